The van der Waals surface area contributed by atoms with E-state index in [0.717, 1.165) is 24.8 Å². The van der Waals surface area contributed by atoms with Crippen molar-refractivity contribution in [1.82, 2.24) is 5.32 Å². The van der Waals surface area contributed by atoms with Gasteiger partial charge in [0.15, 0.2) is 0 Å². The first kappa shape index (κ1) is 13.5. The molecule has 0 bridgehead atoms. The number of methoxy groups -OCH3 is 1. The van der Waals surface area contributed by atoms with Crippen LogP contribution >= 0.6 is 0 Å². The summed E-state index contributed by atoms with van der Waals surface area (Å²) in [6.07, 6.45) is 5.56. The Labute approximate surface area is 109 Å². The van der Waals surface area contributed by atoms with Gasteiger partial charge in [0.1, 0.15) is 5.82 Å². The van der Waals surface area contributed by atoms with E-state index < -0.39 is 0 Å². The van der Waals surface area contributed by atoms with E-state index in [1.807, 2.05) is 19.2 Å². The van der Waals surface area contributed by atoms with Gasteiger partial charge in [-0.15, -0.1) is 0 Å². The van der Waals surface area contributed by atoms with Crippen LogP contribution in [-0.2, 0) is 11.2 Å². The third kappa shape index (κ3) is 2.73. The van der Waals surface area contributed by atoms with Crippen LogP contribution in [0.5, 0.6) is 0 Å². The van der Waals surface area contributed by atoms with Crippen molar-refractivity contribution in [3.8, 4) is 0 Å². The van der Waals surface area contributed by atoms with Crippen LogP contribution in [0.1, 0.15) is 31.2 Å². The number of benzene rings is 1. The number of likely N-dealkylation sites (N-methyl/N-ethyl adjacent to an activating group) is 1. The van der Waals surface area contributed by atoms with Crippen LogP contribution in [0.4, 0.5) is 4.39 Å². The molecule has 0 aromatic heterocycles. The zero-order valence-corrected chi connectivity index (χ0v) is 11.2. The molecule has 100 valence electrons. The van der Waals surface area contributed by atoms with Crippen molar-refractivity contribution in [3.05, 3.63) is 35.6 Å². The maximum Gasteiger partial charge on any atom is 0.123 e. The lowest BCUT2D eigenvalue weighted by atomic mass is 9.87. The van der Waals surface area contributed by atoms with Crippen LogP contribution in [0.25, 0.3) is 0 Å². The third-order valence-corrected chi connectivity index (χ3v) is 4.19. The second-order valence-electron chi connectivity index (χ2n) is 5.15. The molecule has 0 radical (unpaired) electrons. The van der Waals surface area contributed by atoms with Crippen molar-refractivity contribution in [2.45, 2.75) is 43.7 Å². The molecule has 1 atom stereocenters. The Hall–Kier alpha value is -0.930. The zero-order valence-electron chi connectivity index (χ0n) is 11.2. The van der Waals surface area contributed by atoms with Crippen LogP contribution in [0.3, 0.4) is 0 Å². The fourth-order valence-electron chi connectivity index (χ4n) is 3.08. The minimum absolute atomic E-state index is 0.0524. The van der Waals surface area contributed by atoms with Crippen LogP contribution in [0, 0.1) is 5.82 Å². The number of rotatable bonds is 5. The highest BCUT2D eigenvalue weighted by Crippen LogP contribution is 2.36. The summed E-state index contributed by atoms with van der Waals surface area (Å²) in [5.41, 5.74) is 1.10. The van der Waals surface area contributed by atoms with Crippen LogP contribution in [0.2, 0.25) is 0 Å². The first-order valence-electron chi connectivity index (χ1n) is 6.67. The highest BCUT2D eigenvalue weighted by atomic mass is 19.1. The molecule has 1 unspecified atom stereocenters. The van der Waals surface area contributed by atoms with E-state index in [2.05, 4.69) is 5.32 Å². The molecule has 2 nitrogen and oxygen atoms in total. The van der Waals surface area contributed by atoms with Gasteiger partial charge >= 0.3 is 0 Å². The average molecular weight is 251 g/mol. The maximum atomic E-state index is 12.9. The number of ether oxygens (including phenoxy) is 1. The first-order valence-corrected chi connectivity index (χ1v) is 6.67. The van der Waals surface area contributed by atoms with Crippen LogP contribution in [-0.4, -0.2) is 25.8 Å². The van der Waals surface area contributed by atoms with Gasteiger partial charge in [0.2, 0.25) is 0 Å². The van der Waals surface area contributed by atoms with E-state index >= 15 is 0 Å². The van der Waals surface area contributed by atoms with Crippen molar-refractivity contribution in [1.29, 1.82) is 0 Å². The van der Waals surface area contributed by atoms with Crippen molar-refractivity contribution >= 4 is 0 Å². The summed E-state index contributed by atoms with van der Waals surface area (Å²) in [4.78, 5) is 0. The van der Waals surface area contributed by atoms with Crippen molar-refractivity contribution < 1.29 is 9.13 Å². The fraction of sp³-hybridized carbons (Fsp3) is 0.600. The molecule has 2 rings (SSSR count). The normalized spacial score (nSPS) is 19.9. The molecule has 1 aromatic rings. The Kier molecular flexibility index (Phi) is 4.36. The van der Waals surface area contributed by atoms with E-state index in [4.69, 9.17) is 4.74 Å². The molecule has 0 amide bonds. The Morgan fingerprint density at radius 1 is 1.28 bits per heavy atom. The van der Waals surface area contributed by atoms with Gasteiger partial charge in [-0.25, -0.2) is 4.39 Å². The maximum absolute atomic E-state index is 12.9. The molecule has 0 heterocycles. The van der Waals surface area contributed by atoms with Gasteiger partial charge < -0.3 is 10.1 Å². The van der Waals surface area contributed by atoms with Gasteiger partial charge in [-0.05, 0) is 44.0 Å². The average Bonchev–Trinajstić information content (AvgIpc) is 2.88. The van der Waals surface area contributed by atoms with Crippen molar-refractivity contribution in [3.63, 3.8) is 0 Å². The van der Waals surface area contributed by atoms with Gasteiger partial charge in [-0.3, -0.25) is 0 Å². The minimum atomic E-state index is -0.179. The van der Waals surface area contributed by atoms with E-state index in [0.29, 0.717) is 0 Å². The summed E-state index contributed by atoms with van der Waals surface area (Å²) in [6, 6.07) is 7.05. The van der Waals surface area contributed by atoms with Gasteiger partial charge in [0.25, 0.3) is 0 Å². The van der Waals surface area contributed by atoms with E-state index in [-0.39, 0.29) is 17.5 Å². The van der Waals surface area contributed by atoms with E-state index in [1.54, 1.807) is 7.11 Å². The SMILES string of the molecule is CNC(Cc1ccc(F)cc1)C1(OC)CCCC1. The lowest BCUT2D eigenvalue weighted by Crippen LogP contribution is -2.50. The van der Waals surface area contributed by atoms with Crippen LogP contribution < -0.4 is 5.32 Å². The molecule has 1 N–H and O–H groups in total. The number of hydrogen-bond acceptors (Lipinski definition) is 2. The molecule has 1 fully saturated rings. The Morgan fingerprint density at radius 3 is 2.39 bits per heavy atom. The quantitative estimate of drug-likeness (QED) is 0.868. The molecule has 3 heteroatoms. The highest BCUT2D eigenvalue weighted by molar-refractivity contribution is 5.18. The molecule has 18 heavy (non-hydrogen) atoms. The van der Waals surface area contributed by atoms with E-state index in [9.17, 15) is 4.39 Å². The Balaban J connectivity index is 2.11. The lowest BCUT2D eigenvalue weighted by Gasteiger charge is -2.36. The molecule has 1 aliphatic rings. The monoisotopic (exact) mass is 251 g/mol. The molecular formula is C15H22FNO. The predicted octanol–water partition coefficient (Wildman–Crippen LogP) is 2.92. The number of nitrogens with one attached hydrogen (secondary N) is 1. The third-order valence-electron chi connectivity index (χ3n) is 4.19. The number of halogens is 1. The fourth-order valence-corrected chi connectivity index (χ4v) is 3.08. The topological polar surface area (TPSA) is 21.3 Å². The molecule has 1 aliphatic carbocycles. The molecule has 0 saturated heterocycles. The number of hydrogen-bond donors (Lipinski definition) is 1. The molecule has 0 spiro atoms. The van der Waals surface area contributed by atoms with Crippen molar-refractivity contribution in [2.24, 2.45) is 0 Å². The smallest absolute Gasteiger partial charge is 0.123 e. The second kappa shape index (κ2) is 5.81. The Morgan fingerprint density at radius 2 is 1.89 bits per heavy atom. The lowest BCUT2D eigenvalue weighted by molar-refractivity contribution is -0.0336. The summed E-state index contributed by atoms with van der Waals surface area (Å²) < 4.78 is 18.7. The summed E-state index contributed by atoms with van der Waals surface area (Å²) in [7, 11) is 3.79. The summed E-state index contributed by atoms with van der Waals surface area (Å²) in [5, 5.41) is 3.38. The molecule has 1 aromatic carbocycles. The van der Waals surface area contributed by atoms with E-state index in [1.165, 1.54) is 25.0 Å². The highest BCUT2D eigenvalue weighted by Gasteiger charge is 2.40. The van der Waals surface area contributed by atoms with Gasteiger partial charge in [-0.1, -0.05) is 25.0 Å². The summed E-state index contributed by atoms with van der Waals surface area (Å²) in [5.74, 6) is -0.179. The first-order chi connectivity index (χ1) is 8.70. The molecular weight excluding hydrogens is 229 g/mol. The van der Waals surface area contributed by atoms with Crippen molar-refractivity contribution in [2.75, 3.05) is 14.2 Å². The van der Waals surface area contributed by atoms with Gasteiger partial charge in [0, 0.05) is 13.2 Å². The summed E-state index contributed by atoms with van der Waals surface area (Å²) >= 11 is 0. The molecule has 1 saturated carbocycles. The standard InChI is InChI=1S/C15H22FNO/c1-17-14(15(18-2)9-3-4-10-15)11-12-5-7-13(16)8-6-12/h5-8,14,17H,3-4,9-11H2,1-2H3. The zero-order chi connectivity index (χ0) is 13.0. The van der Waals surface area contributed by atoms with Gasteiger partial charge in [-0.2, -0.15) is 0 Å². The Bertz CT molecular complexity index is 371. The summed E-state index contributed by atoms with van der Waals surface area (Å²) in [6.45, 7) is 0. The minimum Gasteiger partial charge on any atom is -0.377 e. The predicted molar refractivity (Wildman–Crippen MR) is 71.2 cm³/mol. The second-order valence-corrected chi connectivity index (χ2v) is 5.15. The largest absolute Gasteiger partial charge is 0.377 e. The van der Waals surface area contributed by atoms with Gasteiger partial charge in [0.05, 0.1) is 5.60 Å². The molecule has 0 aliphatic heterocycles. The van der Waals surface area contributed by atoms with Crippen LogP contribution in [0.15, 0.2) is 24.3 Å².